The lowest BCUT2D eigenvalue weighted by molar-refractivity contribution is -0.344. The molecule has 5 heterocycles. The molecule has 6 aliphatic carbocycles. The summed E-state index contributed by atoms with van der Waals surface area (Å²) >= 11 is 0. The second-order valence-corrected chi connectivity index (χ2v) is 32.6. The van der Waals surface area contributed by atoms with E-state index in [4.69, 9.17) is 80.5 Å². The monoisotopic (exact) mass is 1650 g/mol. The number of carbonyl (C=O) groups excluding carboxylic acids is 4. The number of allylic oxidation sites excluding steroid dienone is 4. The minimum Gasteiger partial charge on any atom is -0.460 e. The van der Waals surface area contributed by atoms with Crippen molar-refractivity contribution in [2.75, 3.05) is 54.9 Å². The minimum atomic E-state index is -2.04. The maximum Gasteiger partial charge on any atom is 0.330 e. The molecule has 37 nitrogen and oxygen atoms in total. The van der Waals surface area contributed by atoms with Gasteiger partial charge < -0.3 is 162 Å². The summed E-state index contributed by atoms with van der Waals surface area (Å²) in [5, 5.41) is 179. The number of esters is 4. The molecule has 0 spiro atoms. The lowest BCUT2D eigenvalue weighted by Crippen LogP contribution is -2.63. The molecule has 0 aromatic rings. The first-order valence-corrected chi connectivity index (χ1v) is 40.3. The van der Waals surface area contributed by atoms with E-state index in [1.165, 1.54) is 46.7 Å². The van der Waals surface area contributed by atoms with Gasteiger partial charge in [0.2, 0.25) is 0 Å². The molecular formula is C78H120O37. The van der Waals surface area contributed by atoms with Crippen LogP contribution in [-0.4, -0.2) is 369 Å². The molecule has 5 aliphatic heterocycles. The molecule has 115 heavy (non-hydrogen) atoms. The molecule has 11 aliphatic rings. The van der Waals surface area contributed by atoms with Crippen molar-refractivity contribution in [2.24, 2.45) is 35.5 Å². The van der Waals surface area contributed by atoms with E-state index in [0.717, 1.165) is 6.08 Å². The van der Waals surface area contributed by atoms with E-state index in [-0.39, 0.29) is 62.2 Å². The van der Waals surface area contributed by atoms with Crippen LogP contribution >= 0.6 is 0 Å². The first-order chi connectivity index (χ1) is 55.0. The van der Waals surface area contributed by atoms with Gasteiger partial charge in [-0.3, -0.25) is 0 Å². The smallest absolute Gasteiger partial charge is 0.330 e. The predicted octanol–water partition coefficient (Wildman–Crippen LogP) is -3.77. The van der Waals surface area contributed by atoms with E-state index in [9.17, 15) is 101 Å². The topological polar surface area (TPSA) is 549 Å². The highest BCUT2D eigenvalue weighted by Gasteiger charge is 2.56. The van der Waals surface area contributed by atoms with Gasteiger partial charge in [-0.1, -0.05) is 24.3 Å². The van der Waals surface area contributed by atoms with Crippen LogP contribution in [0.5, 0.6) is 0 Å². The highest BCUT2D eigenvalue weighted by Crippen LogP contribution is 2.46. The number of fused-ring (bicyclic) bond motifs is 1. The zero-order valence-electron chi connectivity index (χ0n) is 65.0. The Labute approximate surface area is 665 Å². The van der Waals surface area contributed by atoms with Crippen LogP contribution < -0.4 is 0 Å². The van der Waals surface area contributed by atoms with Crippen LogP contribution in [0, 0.1) is 35.5 Å². The summed E-state index contributed by atoms with van der Waals surface area (Å²) in [5.74, 6) is -5.52. The Morgan fingerprint density at radius 2 is 0.678 bits per heavy atom. The van der Waals surface area contributed by atoms with Crippen molar-refractivity contribution in [2.45, 2.75) is 324 Å². The van der Waals surface area contributed by atoms with Gasteiger partial charge in [0, 0.05) is 71.5 Å². The summed E-state index contributed by atoms with van der Waals surface area (Å²) in [6.07, 6.45) is -29.4. The van der Waals surface area contributed by atoms with Gasteiger partial charge in [0.1, 0.15) is 105 Å². The summed E-state index contributed by atoms with van der Waals surface area (Å²) in [5.41, 5.74) is 0. The van der Waals surface area contributed by atoms with Gasteiger partial charge in [-0.2, -0.15) is 0 Å². The number of aliphatic hydroxyl groups excluding tert-OH is 16. The van der Waals surface area contributed by atoms with Crippen molar-refractivity contribution in [3.05, 3.63) is 48.6 Å². The molecule has 11 rings (SSSR count). The van der Waals surface area contributed by atoms with E-state index in [0.29, 0.717) is 77.0 Å². The van der Waals surface area contributed by atoms with Crippen LogP contribution in [0.15, 0.2) is 48.6 Å². The molecule has 21 unspecified atom stereocenters. The van der Waals surface area contributed by atoms with Crippen molar-refractivity contribution < 1.29 is 181 Å². The van der Waals surface area contributed by atoms with Gasteiger partial charge in [-0.25, -0.2) is 19.2 Å². The average molecular weight is 1650 g/mol. The number of rotatable bonds is 29. The van der Waals surface area contributed by atoms with Crippen molar-refractivity contribution in [1.82, 2.24) is 0 Å². The summed E-state index contributed by atoms with van der Waals surface area (Å²) in [6.45, 7) is -2.53. The SMILES string of the molecule is COC1CC(C=CC(=O)OC[C@@H]2O[C@H](OC3CC(O)C4CC(O[C@@H]5O[C@H](CO[C@@H]6O[C@@H](COC(=O)C=CC7CCC(O)C(OC)C7)[C@H](O)[C@H]6OC(=O)C=CC6CCC(O)C(OC)C6)[C@@H](O)[C@H](O)[C@H]5O)C(C5CCC(O)C(O[C@@H]6O[C@H](COC(=O)C=CC7CCC(O)C(OC)C7)[C@@H](O)[C@H](O)[C@H]6O)C5)OC4C3)[C@@H](O)[C@H](O)[C@H]2O)CCC1O. The fourth-order valence-corrected chi connectivity index (χ4v) is 17.9. The van der Waals surface area contributed by atoms with Gasteiger partial charge in [0.25, 0.3) is 0 Å². The number of hydrogen-bond acceptors (Lipinski definition) is 37. The lowest BCUT2D eigenvalue weighted by atomic mass is 9.72. The predicted molar refractivity (Wildman–Crippen MR) is 387 cm³/mol. The summed E-state index contributed by atoms with van der Waals surface area (Å²) in [7, 11) is 5.91. The minimum absolute atomic E-state index is 0.0182. The van der Waals surface area contributed by atoms with Crippen molar-refractivity contribution in [3.8, 4) is 0 Å². The molecule has 16 N–H and O–H groups in total. The fourth-order valence-electron chi connectivity index (χ4n) is 17.9. The average Bonchev–Trinajstić information content (AvgIpc) is 0.971. The van der Waals surface area contributed by atoms with Crippen LogP contribution in [0.1, 0.15) is 116 Å². The molecule has 6 saturated carbocycles. The Kier molecular flexibility index (Phi) is 33.8. The van der Waals surface area contributed by atoms with Crippen LogP contribution in [-0.2, 0) is 99.7 Å². The van der Waals surface area contributed by atoms with Gasteiger partial charge in [-0.05, 0) is 132 Å². The number of aliphatic hydroxyl groups is 16. The lowest BCUT2D eigenvalue weighted by Gasteiger charge is -2.52. The second kappa shape index (κ2) is 42.5. The van der Waals surface area contributed by atoms with Gasteiger partial charge in [0.15, 0.2) is 31.3 Å². The molecule has 0 radical (unpaired) electrons. The Balaban J connectivity index is 0.786. The van der Waals surface area contributed by atoms with E-state index in [2.05, 4.69) is 0 Å². The normalized spacial score (nSPS) is 46.2. The zero-order valence-corrected chi connectivity index (χ0v) is 65.0. The first kappa shape index (κ1) is 91.4. The first-order valence-electron chi connectivity index (χ1n) is 40.3. The number of ether oxygens (including phenoxy) is 17. The molecule has 0 aromatic heterocycles. The van der Waals surface area contributed by atoms with Crippen molar-refractivity contribution in [3.63, 3.8) is 0 Å². The Morgan fingerprint density at radius 1 is 0.322 bits per heavy atom. The molecule has 11 fully saturated rings. The molecule has 0 bridgehead atoms. The van der Waals surface area contributed by atoms with E-state index >= 15 is 0 Å². The van der Waals surface area contributed by atoms with E-state index in [1.807, 2.05) is 0 Å². The Hall–Kier alpha value is -4.32. The van der Waals surface area contributed by atoms with Crippen LogP contribution in [0.25, 0.3) is 0 Å². The van der Waals surface area contributed by atoms with Gasteiger partial charge in [-0.15, -0.1) is 0 Å². The zero-order chi connectivity index (χ0) is 82.6. The standard InChI is InChI=1S/C78H120O37/c1-99-49-23-35(5-14-42(49)79)9-19-59(85)103-31-55-63(89)67(93)70(96)75(111-55)107-40-28-47(84)41-30-54(73(108-48(41)29-40)39-13-18-46(83)53(27-39)109-76-71(97)68(94)64(90)56(112-76)32-104-60(86)20-10-36-6-15-43(80)50(24-36)100-2)110-77-72(98)69(95)65(91)57(113-77)34-106-78-74(115-62(88)22-12-38-8-17-45(82)52(26-38)102-4)66(92)58(114-78)33-105-61(87)21-11-37-7-16-44(81)51(25-37)101-3/h9-12,19-22,35-58,63-84,89-98H,5-8,13-18,23-34H2,1-4H3/t35?,36?,37?,38?,39?,40?,41?,42?,43?,44?,45?,46?,47?,48?,49?,50?,51?,52?,53?,54?,55-,56+,57+,58-,63-,64+,65+,66-,67+,68-,69-,70-,71+,72+,73?,74+,75-,76+,77+,78+/m0/s1. The molecule has 5 saturated heterocycles. The van der Waals surface area contributed by atoms with Crippen molar-refractivity contribution >= 4 is 23.9 Å². The fraction of sp³-hybridized carbons (Fsp3) is 0.846. The van der Waals surface area contributed by atoms with Crippen LogP contribution in [0.4, 0.5) is 0 Å². The maximum absolute atomic E-state index is 13.6. The van der Waals surface area contributed by atoms with Crippen molar-refractivity contribution in [1.29, 1.82) is 0 Å². The third-order valence-corrected chi connectivity index (χ3v) is 24.9. The van der Waals surface area contributed by atoms with E-state index in [1.54, 1.807) is 24.3 Å². The second-order valence-electron chi connectivity index (χ2n) is 32.6. The van der Waals surface area contributed by atoms with Gasteiger partial charge >= 0.3 is 23.9 Å². The third-order valence-electron chi connectivity index (χ3n) is 24.9. The number of methoxy groups -OCH3 is 4. The maximum atomic E-state index is 13.6. The Morgan fingerprint density at radius 3 is 1.10 bits per heavy atom. The number of hydrogen-bond donors (Lipinski definition) is 16. The molecule has 0 amide bonds. The quantitative estimate of drug-likeness (QED) is 0.0194. The molecule has 40 atom stereocenters. The van der Waals surface area contributed by atoms with Crippen LogP contribution in [0.2, 0.25) is 0 Å². The molecular weight excluding hydrogens is 1530 g/mol. The molecule has 37 heteroatoms. The highest BCUT2D eigenvalue weighted by atomic mass is 16.8. The molecule has 0 aromatic carbocycles. The largest absolute Gasteiger partial charge is 0.460 e. The third kappa shape index (κ3) is 23.5. The Bertz CT molecular complexity index is 3180. The molecule has 654 valence electrons. The summed E-state index contributed by atoms with van der Waals surface area (Å²) < 4.78 is 100. The van der Waals surface area contributed by atoms with E-state index < -0.39 is 270 Å². The summed E-state index contributed by atoms with van der Waals surface area (Å²) in [6, 6.07) is 0. The number of carbonyl (C=O) groups is 4. The van der Waals surface area contributed by atoms with Gasteiger partial charge in [0.05, 0.1) is 98.2 Å². The van der Waals surface area contributed by atoms with Crippen LogP contribution in [0.3, 0.4) is 0 Å². The summed E-state index contributed by atoms with van der Waals surface area (Å²) in [4.78, 5) is 52.8. The highest BCUT2D eigenvalue weighted by molar-refractivity contribution is 5.83.